The van der Waals surface area contributed by atoms with Gasteiger partial charge in [-0.15, -0.1) is 0 Å². The number of ether oxygens (including phenoxy) is 4. The Morgan fingerprint density at radius 1 is 0.677 bits per heavy atom. The third-order valence-electron chi connectivity index (χ3n) is 4.59. The van der Waals surface area contributed by atoms with E-state index in [1.165, 1.54) is 4.90 Å². The summed E-state index contributed by atoms with van der Waals surface area (Å²) in [6.45, 7) is 2.92. The van der Waals surface area contributed by atoms with E-state index in [1.54, 1.807) is 48.5 Å². The van der Waals surface area contributed by atoms with Gasteiger partial charge in [0, 0.05) is 5.56 Å². The minimum atomic E-state index is -0.278. The summed E-state index contributed by atoms with van der Waals surface area (Å²) >= 11 is 0. The van der Waals surface area contributed by atoms with Gasteiger partial charge in [0.25, 0.3) is 11.8 Å². The first-order valence-corrected chi connectivity index (χ1v) is 10.1. The molecule has 1 heterocycles. The van der Waals surface area contributed by atoms with Crippen LogP contribution in [0.15, 0.2) is 48.5 Å². The van der Waals surface area contributed by atoms with Crippen LogP contribution in [0.4, 0.5) is 0 Å². The van der Waals surface area contributed by atoms with E-state index in [9.17, 15) is 14.4 Å². The second-order valence-electron chi connectivity index (χ2n) is 6.68. The van der Waals surface area contributed by atoms with Gasteiger partial charge in [0.2, 0.25) is 0 Å². The zero-order valence-corrected chi connectivity index (χ0v) is 17.2. The van der Waals surface area contributed by atoms with Crippen molar-refractivity contribution < 1.29 is 33.3 Å². The molecule has 0 spiro atoms. The Hall–Kier alpha value is -3.07. The van der Waals surface area contributed by atoms with Crippen molar-refractivity contribution in [3.8, 4) is 5.75 Å². The molecule has 1 aliphatic heterocycles. The average Bonchev–Trinajstić information content (AvgIpc) is 3.05. The van der Waals surface area contributed by atoms with Gasteiger partial charge in [0.1, 0.15) is 18.6 Å². The fraction of sp³-hybridized carbons (Fsp3) is 0.348. The first-order chi connectivity index (χ1) is 15.2. The van der Waals surface area contributed by atoms with Crippen molar-refractivity contribution in [3.63, 3.8) is 0 Å². The Kier molecular flexibility index (Phi) is 8.71. The third kappa shape index (κ3) is 6.45. The van der Waals surface area contributed by atoms with Gasteiger partial charge in [0.15, 0.2) is 0 Å². The first kappa shape index (κ1) is 22.6. The summed E-state index contributed by atoms with van der Waals surface area (Å²) in [6, 6.07) is 13.7. The smallest absolute Gasteiger partial charge is 0.261 e. The molecule has 0 unspecified atom stereocenters. The molecular weight excluding hydrogens is 402 g/mol. The third-order valence-corrected chi connectivity index (χ3v) is 4.59. The lowest BCUT2D eigenvalue weighted by atomic mass is 10.1. The number of hydrogen-bond donors (Lipinski definition) is 0. The molecule has 1 aliphatic rings. The van der Waals surface area contributed by atoms with Crippen LogP contribution in [-0.2, 0) is 14.2 Å². The molecule has 0 bridgehead atoms. The summed E-state index contributed by atoms with van der Waals surface area (Å²) in [7, 11) is 0. The quantitative estimate of drug-likeness (QED) is 0.259. The Labute approximate surface area is 180 Å². The predicted molar refractivity (Wildman–Crippen MR) is 112 cm³/mol. The van der Waals surface area contributed by atoms with Crippen molar-refractivity contribution in [1.82, 2.24) is 4.90 Å². The number of carbonyl (C=O) groups excluding carboxylic acids is 3. The average molecular weight is 427 g/mol. The van der Waals surface area contributed by atoms with E-state index >= 15 is 0 Å². The monoisotopic (exact) mass is 427 g/mol. The van der Waals surface area contributed by atoms with Crippen molar-refractivity contribution in [3.05, 3.63) is 65.2 Å². The lowest BCUT2D eigenvalue weighted by Crippen LogP contribution is -2.33. The van der Waals surface area contributed by atoms with Gasteiger partial charge < -0.3 is 18.9 Å². The van der Waals surface area contributed by atoms with Crippen LogP contribution in [0.25, 0.3) is 0 Å². The van der Waals surface area contributed by atoms with Gasteiger partial charge in [-0.1, -0.05) is 12.1 Å². The molecule has 2 aromatic rings. The lowest BCUT2D eigenvalue weighted by Gasteiger charge is -2.13. The molecule has 2 aromatic carbocycles. The SMILES string of the molecule is O=Cc1ccc(OCCOCCOCCOCCN2C(=O)c3ccccc3C2=O)cc1. The van der Waals surface area contributed by atoms with Crippen LogP contribution in [-0.4, -0.2) is 75.8 Å². The van der Waals surface area contributed by atoms with Gasteiger partial charge in [-0.25, -0.2) is 0 Å². The largest absolute Gasteiger partial charge is 0.491 e. The Bertz CT molecular complexity index is 847. The number of aldehydes is 1. The van der Waals surface area contributed by atoms with Gasteiger partial charge in [0.05, 0.1) is 57.3 Å². The number of amides is 2. The maximum Gasteiger partial charge on any atom is 0.261 e. The highest BCUT2D eigenvalue weighted by molar-refractivity contribution is 6.21. The van der Waals surface area contributed by atoms with Gasteiger partial charge >= 0.3 is 0 Å². The Balaban J connectivity index is 1.15. The number of imide groups is 1. The minimum Gasteiger partial charge on any atom is -0.491 e. The molecule has 0 saturated carbocycles. The van der Waals surface area contributed by atoms with Crippen LogP contribution >= 0.6 is 0 Å². The van der Waals surface area contributed by atoms with Crippen LogP contribution in [0.2, 0.25) is 0 Å². The van der Waals surface area contributed by atoms with Crippen molar-refractivity contribution in [2.45, 2.75) is 0 Å². The van der Waals surface area contributed by atoms with Crippen molar-refractivity contribution >= 4 is 18.1 Å². The molecule has 31 heavy (non-hydrogen) atoms. The number of rotatable bonds is 14. The highest BCUT2D eigenvalue weighted by Gasteiger charge is 2.34. The van der Waals surface area contributed by atoms with E-state index in [0.29, 0.717) is 62.1 Å². The number of nitrogens with zero attached hydrogens (tertiary/aromatic N) is 1. The fourth-order valence-corrected chi connectivity index (χ4v) is 3.00. The number of fused-ring (bicyclic) bond motifs is 1. The van der Waals surface area contributed by atoms with Crippen LogP contribution < -0.4 is 4.74 Å². The molecule has 0 fully saturated rings. The molecule has 164 valence electrons. The maximum atomic E-state index is 12.2. The molecule has 3 rings (SSSR count). The second kappa shape index (κ2) is 11.9. The standard InChI is InChI=1S/C23H25NO7/c25-17-18-5-7-19(8-6-18)31-16-15-30-14-13-29-12-11-28-10-9-24-22(26)20-3-1-2-4-21(20)23(24)27/h1-8,17H,9-16H2. The fourth-order valence-electron chi connectivity index (χ4n) is 3.00. The summed E-state index contributed by atoms with van der Waals surface area (Å²) < 4.78 is 21.8. The molecular formula is C23H25NO7. The second-order valence-corrected chi connectivity index (χ2v) is 6.68. The van der Waals surface area contributed by atoms with E-state index in [-0.39, 0.29) is 25.0 Å². The summed E-state index contributed by atoms with van der Waals surface area (Å²) in [5.74, 6) is 0.128. The van der Waals surface area contributed by atoms with Crippen LogP contribution in [0.1, 0.15) is 31.1 Å². The van der Waals surface area contributed by atoms with Crippen molar-refractivity contribution in [1.29, 1.82) is 0 Å². The van der Waals surface area contributed by atoms with E-state index in [0.717, 1.165) is 6.29 Å². The molecule has 0 atom stereocenters. The Morgan fingerprint density at radius 3 is 1.74 bits per heavy atom. The molecule has 8 nitrogen and oxygen atoms in total. The number of carbonyl (C=O) groups is 3. The number of benzene rings is 2. The lowest BCUT2D eigenvalue weighted by molar-refractivity contribution is 0.00673. The highest BCUT2D eigenvalue weighted by Crippen LogP contribution is 2.21. The van der Waals surface area contributed by atoms with Crippen molar-refractivity contribution in [2.24, 2.45) is 0 Å². The van der Waals surface area contributed by atoms with Crippen LogP contribution in [0, 0.1) is 0 Å². The molecule has 0 saturated heterocycles. The minimum absolute atomic E-state index is 0.216. The predicted octanol–water partition coefficient (Wildman–Crippen LogP) is 2.22. The van der Waals surface area contributed by atoms with E-state index in [1.807, 2.05) is 0 Å². The topological polar surface area (TPSA) is 91.4 Å². The first-order valence-electron chi connectivity index (χ1n) is 10.1. The highest BCUT2D eigenvalue weighted by atomic mass is 16.6. The van der Waals surface area contributed by atoms with Crippen LogP contribution in [0.5, 0.6) is 5.75 Å². The molecule has 2 amide bonds. The summed E-state index contributed by atoms with van der Waals surface area (Å²) in [5, 5.41) is 0. The maximum absolute atomic E-state index is 12.2. The van der Waals surface area contributed by atoms with Gasteiger partial charge in [-0.2, -0.15) is 0 Å². The van der Waals surface area contributed by atoms with Crippen LogP contribution in [0.3, 0.4) is 0 Å². The molecule has 8 heteroatoms. The van der Waals surface area contributed by atoms with E-state index < -0.39 is 0 Å². The summed E-state index contributed by atoms with van der Waals surface area (Å²) in [4.78, 5) is 36.2. The van der Waals surface area contributed by atoms with E-state index in [4.69, 9.17) is 18.9 Å². The van der Waals surface area contributed by atoms with Gasteiger partial charge in [-0.05, 0) is 36.4 Å². The Morgan fingerprint density at radius 2 is 1.19 bits per heavy atom. The zero-order chi connectivity index (χ0) is 21.9. The van der Waals surface area contributed by atoms with Crippen molar-refractivity contribution in [2.75, 3.05) is 52.8 Å². The number of hydrogen-bond acceptors (Lipinski definition) is 7. The summed E-state index contributed by atoms with van der Waals surface area (Å²) in [5.41, 5.74) is 1.49. The molecule has 0 radical (unpaired) electrons. The normalized spacial score (nSPS) is 12.8. The molecule has 0 aromatic heterocycles. The molecule has 0 N–H and O–H groups in total. The van der Waals surface area contributed by atoms with E-state index in [2.05, 4.69) is 0 Å². The molecule has 0 aliphatic carbocycles. The zero-order valence-electron chi connectivity index (χ0n) is 17.2. The van der Waals surface area contributed by atoms with Gasteiger partial charge in [-0.3, -0.25) is 19.3 Å². The summed E-state index contributed by atoms with van der Waals surface area (Å²) in [6.07, 6.45) is 0.784.